The van der Waals surface area contributed by atoms with Crippen LogP contribution in [0.2, 0.25) is 0 Å². The van der Waals surface area contributed by atoms with Gasteiger partial charge in [0.2, 0.25) is 0 Å². The molecule has 0 aliphatic rings. The van der Waals surface area contributed by atoms with Crippen LogP contribution in [0.3, 0.4) is 0 Å². The van der Waals surface area contributed by atoms with E-state index in [2.05, 4.69) is 9.47 Å². The second-order valence-electron chi connectivity index (χ2n) is 3.47. The number of halogens is 2. The zero-order valence-corrected chi connectivity index (χ0v) is 9.31. The summed E-state index contributed by atoms with van der Waals surface area (Å²) in [6.07, 6.45) is 0. The highest BCUT2D eigenvalue weighted by atomic mass is 19.3. The number of hydrogen-bond acceptors (Lipinski definition) is 4. The standard InChI is InChI=1S/C11H12F2O4/c1-11(15,9(14)16-2)7-3-5-8(6-4-7)17-10(12)13/h3-6,10,15H,1-2H3. The Morgan fingerprint density at radius 3 is 2.29 bits per heavy atom. The zero-order valence-electron chi connectivity index (χ0n) is 9.31. The van der Waals surface area contributed by atoms with Crippen LogP contribution in [0.5, 0.6) is 5.75 Å². The molecule has 0 radical (unpaired) electrons. The van der Waals surface area contributed by atoms with E-state index in [1.165, 1.54) is 31.2 Å². The van der Waals surface area contributed by atoms with Gasteiger partial charge in [-0.25, -0.2) is 4.79 Å². The molecule has 1 unspecified atom stereocenters. The van der Waals surface area contributed by atoms with Crippen LogP contribution >= 0.6 is 0 Å². The van der Waals surface area contributed by atoms with E-state index in [9.17, 15) is 18.7 Å². The van der Waals surface area contributed by atoms with Gasteiger partial charge in [-0.3, -0.25) is 0 Å². The van der Waals surface area contributed by atoms with Crippen molar-refractivity contribution in [3.05, 3.63) is 29.8 Å². The molecule has 1 aromatic rings. The third kappa shape index (κ3) is 3.13. The summed E-state index contributed by atoms with van der Waals surface area (Å²) in [5, 5.41) is 9.86. The van der Waals surface area contributed by atoms with Crippen LogP contribution in [0.15, 0.2) is 24.3 Å². The Morgan fingerprint density at radius 1 is 1.35 bits per heavy atom. The topological polar surface area (TPSA) is 55.8 Å². The van der Waals surface area contributed by atoms with Gasteiger partial charge < -0.3 is 14.6 Å². The molecule has 0 aromatic heterocycles. The van der Waals surface area contributed by atoms with Gasteiger partial charge >= 0.3 is 12.6 Å². The quantitative estimate of drug-likeness (QED) is 0.821. The molecule has 17 heavy (non-hydrogen) atoms. The van der Waals surface area contributed by atoms with Crippen LogP contribution in [0.1, 0.15) is 12.5 Å². The van der Waals surface area contributed by atoms with Crippen molar-refractivity contribution in [3.63, 3.8) is 0 Å². The van der Waals surface area contributed by atoms with Crippen LogP contribution in [0, 0.1) is 0 Å². The molecule has 0 spiro atoms. The molecule has 0 saturated carbocycles. The van der Waals surface area contributed by atoms with Crippen molar-refractivity contribution in [1.82, 2.24) is 0 Å². The van der Waals surface area contributed by atoms with Gasteiger partial charge in [-0.2, -0.15) is 8.78 Å². The molecule has 6 heteroatoms. The maximum absolute atomic E-state index is 11.9. The summed E-state index contributed by atoms with van der Waals surface area (Å²) in [7, 11) is 1.14. The Balaban J connectivity index is 2.90. The fourth-order valence-electron chi connectivity index (χ4n) is 1.28. The Hall–Kier alpha value is -1.69. The highest BCUT2D eigenvalue weighted by Gasteiger charge is 2.33. The molecular formula is C11H12F2O4. The van der Waals surface area contributed by atoms with Crippen molar-refractivity contribution in [2.75, 3.05) is 7.11 Å². The normalized spacial score (nSPS) is 14.2. The lowest BCUT2D eigenvalue weighted by molar-refractivity contribution is -0.161. The number of alkyl halides is 2. The van der Waals surface area contributed by atoms with Crippen LogP contribution in [0.25, 0.3) is 0 Å². The molecular weight excluding hydrogens is 234 g/mol. The monoisotopic (exact) mass is 246 g/mol. The number of ether oxygens (including phenoxy) is 2. The molecule has 4 nitrogen and oxygen atoms in total. The van der Waals surface area contributed by atoms with Gasteiger partial charge in [-0.1, -0.05) is 12.1 Å². The third-order valence-corrected chi connectivity index (χ3v) is 2.22. The molecule has 0 aliphatic carbocycles. The summed E-state index contributed by atoms with van der Waals surface area (Å²) in [5.74, 6) is -0.885. The van der Waals surface area contributed by atoms with E-state index in [-0.39, 0.29) is 11.3 Å². The zero-order chi connectivity index (χ0) is 13.1. The van der Waals surface area contributed by atoms with Gasteiger partial charge in [-0.05, 0) is 24.6 Å². The maximum Gasteiger partial charge on any atom is 0.387 e. The van der Waals surface area contributed by atoms with E-state index < -0.39 is 18.2 Å². The number of aliphatic hydroxyl groups is 1. The minimum absolute atomic E-state index is 0.0515. The summed E-state index contributed by atoms with van der Waals surface area (Å²) in [4.78, 5) is 11.3. The first kappa shape index (κ1) is 13.4. The molecule has 0 amide bonds. The molecule has 1 aromatic carbocycles. The van der Waals surface area contributed by atoms with E-state index in [0.29, 0.717) is 0 Å². The van der Waals surface area contributed by atoms with Gasteiger partial charge in [-0.15, -0.1) is 0 Å². The first-order valence-electron chi connectivity index (χ1n) is 4.74. The molecule has 0 saturated heterocycles. The molecule has 0 fully saturated rings. The molecule has 0 heterocycles. The van der Waals surface area contributed by atoms with E-state index in [1.54, 1.807) is 0 Å². The fraction of sp³-hybridized carbons (Fsp3) is 0.364. The summed E-state index contributed by atoms with van der Waals surface area (Å²) < 4.78 is 32.3. The number of hydrogen-bond donors (Lipinski definition) is 1. The van der Waals surface area contributed by atoms with E-state index in [1.807, 2.05) is 0 Å². The predicted molar refractivity (Wildman–Crippen MR) is 54.7 cm³/mol. The number of benzene rings is 1. The molecule has 1 N–H and O–H groups in total. The number of esters is 1. The molecule has 94 valence electrons. The second kappa shape index (κ2) is 5.09. The van der Waals surface area contributed by atoms with Gasteiger partial charge in [0, 0.05) is 0 Å². The highest BCUT2D eigenvalue weighted by Crippen LogP contribution is 2.24. The highest BCUT2D eigenvalue weighted by molar-refractivity contribution is 5.80. The Labute approximate surface area is 96.8 Å². The van der Waals surface area contributed by atoms with Crippen molar-refractivity contribution in [3.8, 4) is 5.75 Å². The maximum atomic E-state index is 11.9. The Morgan fingerprint density at radius 2 is 1.88 bits per heavy atom. The van der Waals surface area contributed by atoms with Gasteiger partial charge in [0.1, 0.15) is 5.75 Å². The number of carbonyl (C=O) groups is 1. The molecule has 1 rings (SSSR count). The summed E-state index contributed by atoms with van der Waals surface area (Å²) >= 11 is 0. The lowest BCUT2D eigenvalue weighted by atomic mass is 9.96. The third-order valence-electron chi connectivity index (χ3n) is 2.22. The minimum atomic E-state index is -2.91. The Kier molecular flexibility index (Phi) is 4.01. The molecule has 1 atom stereocenters. The van der Waals surface area contributed by atoms with Crippen LogP contribution < -0.4 is 4.74 Å². The van der Waals surface area contributed by atoms with Crippen LogP contribution in [-0.2, 0) is 15.1 Å². The average molecular weight is 246 g/mol. The summed E-state index contributed by atoms with van der Waals surface area (Å²) in [5.41, 5.74) is -1.59. The van der Waals surface area contributed by atoms with Gasteiger partial charge in [0.15, 0.2) is 5.60 Å². The molecule has 0 bridgehead atoms. The van der Waals surface area contributed by atoms with Crippen molar-refractivity contribution in [2.45, 2.75) is 19.1 Å². The average Bonchev–Trinajstić information content (AvgIpc) is 2.27. The first-order chi connectivity index (χ1) is 7.87. The predicted octanol–water partition coefficient (Wildman–Crippen LogP) is 1.67. The number of methoxy groups -OCH3 is 1. The van der Waals surface area contributed by atoms with Crippen LogP contribution in [0.4, 0.5) is 8.78 Å². The molecule has 0 aliphatic heterocycles. The smallest absolute Gasteiger partial charge is 0.387 e. The summed E-state index contributed by atoms with van der Waals surface area (Å²) in [6, 6.07) is 5.10. The Bertz CT molecular complexity index is 387. The summed E-state index contributed by atoms with van der Waals surface area (Å²) in [6.45, 7) is -1.66. The first-order valence-corrected chi connectivity index (χ1v) is 4.74. The lowest BCUT2D eigenvalue weighted by Crippen LogP contribution is -2.33. The largest absolute Gasteiger partial charge is 0.467 e. The minimum Gasteiger partial charge on any atom is -0.467 e. The van der Waals surface area contributed by atoms with Crippen molar-refractivity contribution < 1.29 is 28.2 Å². The van der Waals surface area contributed by atoms with Crippen molar-refractivity contribution >= 4 is 5.97 Å². The lowest BCUT2D eigenvalue weighted by Gasteiger charge is -2.20. The van der Waals surface area contributed by atoms with E-state index in [0.717, 1.165) is 7.11 Å². The fourth-order valence-corrected chi connectivity index (χ4v) is 1.28. The van der Waals surface area contributed by atoms with Gasteiger partial charge in [0.25, 0.3) is 0 Å². The number of rotatable bonds is 4. The van der Waals surface area contributed by atoms with E-state index in [4.69, 9.17) is 0 Å². The number of carbonyl (C=O) groups excluding carboxylic acids is 1. The SMILES string of the molecule is COC(=O)C(C)(O)c1ccc(OC(F)F)cc1. The van der Waals surface area contributed by atoms with Crippen molar-refractivity contribution in [2.24, 2.45) is 0 Å². The van der Waals surface area contributed by atoms with E-state index >= 15 is 0 Å². The van der Waals surface area contributed by atoms with Gasteiger partial charge in [0.05, 0.1) is 7.11 Å². The second-order valence-corrected chi connectivity index (χ2v) is 3.47. The van der Waals surface area contributed by atoms with Crippen LogP contribution in [-0.4, -0.2) is 24.8 Å². The van der Waals surface area contributed by atoms with Crippen molar-refractivity contribution in [1.29, 1.82) is 0 Å².